The molecule has 25 heavy (non-hydrogen) atoms. The van der Waals surface area contributed by atoms with E-state index in [2.05, 4.69) is 35.4 Å². The Balaban J connectivity index is 1.70. The Hall–Kier alpha value is -1.36. The van der Waals surface area contributed by atoms with Gasteiger partial charge in [-0.15, -0.1) is 11.8 Å². The van der Waals surface area contributed by atoms with E-state index in [1.807, 2.05) is 12.1 Å². The van der Waals surface area contributed by atoms with Crippen LogP contribution in [0.25, 0.3) is 0 Å². The smallest absolute Gasteiger partial charge is 0.123 e. The summed E-state index contributed by atoms with van der Waals surface area (Å²) < 4.78 is 13.1. The van der Waals surface area contributed by atoms with Crippen LogP contribution in [0.1, 0.15) is 24.0 Å². The molecule has 0 aromatic heterocycles. The largest absolute Gasteiger partial charge is 0.396 e. The van der Waals surface area contributed by atoms with Crippen LogP contribution < -0.4 is 0 Å². The van der Waals surface area contributed by atoms with Crippen molar-refractivity contribution >= 4 is 11.8 Å². The third-order valence-electron chi connectivity index (χ3n) is 5.11. The lowest BCUT2D eigenvalue weighted by Gasteiger charge is -2.42. The topological polar surface area (TPSA) is 23.5 Å². The summed E-state index contributed by atoms with van der Waals surface area (Å²) in [6.45, 7) is 3.03. The van der Waals surface area contributed by atoms with Crippen molar-refractivity contribution in [2.45, 2.75) is 30.7 Å². The van der Waals surface area contributed by atoms with Crippen molar-refractivity contribution in [1.82, 2.24) is 4.90 Å². The maximum Gasteiger partial charge on any atom is 0.123 e. The van der Waals surface area contributed by atoms with E-state index in [4.69, 9.17) is 0 Å². The van der Waals surface area contributed by atoms with Gasteiger partial charge in [0.1, 0.15) is 5.82 Å². The van der Waals surface area contributed by atoms with Crippen LogP contribution in [0.2, 0.25) is 0 Å². The summed E-state index contributed by atoms with van der Waals surface area (Å²) in [5.41, 5.74) is 2.29. The molecule has 1 unspecified atom stereocenters. The normalized spacial score (nSPS) is 21.4. The van der Waals surface area contributed by atoms with E-state index in [-0.39, 0.29) is 17.8 Å². The number of halogens is 1. The van der Waals surface area contributed by atoms with Gasteiger partial charge >= 0.3 is 0 Å². The number of rotatable bonds is 6. The van der Waals surface area contributed by atoms with Gasteiger partial charge < -0.3 is 5.11 Å². The molecule has 1 heterocycles. The van der Waals surface area contributed by atoms with Crippen LogP contribution in [-0.2, 0) is 13.0 Å². The molecule has 0 bridgehead atoms. The highest BCUT2D eigenvalue weighted by Gasteiger charge is 2.35. The summed E-state index contributed by atoms with van der Waals surface area (Å²) in [6.07, 6.45) is 5.00. The van der Waals surface area contributed by atoms with Crippen molar-refractivity contribution in [1.29, 1.82) is 0 Å². The van der Waals surface area contributed by atoms with E-state index in [0.717, 1.165) is 44.5 Å². The van der Waals surface area contributed by atoms with E-state index in [1.165, 1.54) is 22.6 Å². The molecule has 1 aliphatic heterocycles. The molecule has 3 rings (SSSR count). The molecule has 134 valence electrons. The predicted molar refractivity (Wildman–Crippen MR) is 102 cm³/mol. The molecule has 1 N–H and O–H groups in total. The molecule has 1 aliphatic rings. The Morgan fingerprint density at radius 1 is 1.16 bits per heavy atom. The first-order chi connectivity index (χ1) is 12.1. The average molecular weight is 360 g/mol. The number of likely N-dealkylation sites (tertiary alicyclic amines) is 1. The SMILES string of the molecule is CSc1cccc(CN2CCCC(CO)(Cc3ccc(F)cc3)C2)c1. The van der Waals surface area contributed by atoms with Crippen LogP contribution in [0.4, 0.5) is 4.39 Å². The lowest BCUT2D eigenvalue weighted by molar-refractivity contribution is 0.0288. The zero-order valence-corrected chi connectivity index (χ0v) is 15.6. The number of hydrogen-bond donors (Lipinski definition) is 1. The van der Waals surface area contributed by atoms with Gasteiger partial charge in [0, 0.05) is 23.4 Å². The molecule has 2 aromatic carbocycles. The van der Waals surface area contributed by atoms with Gasteiger partial charge in [0.15, 0.2) is 0 Å². The maximum atomic E-state index is 13.1. The summed E-state index contributed by atoms with van der Waals surface area (Å²) in [5.74, 6) is -0.208. The fourth-order valence-corrected chi connectivity index (χ4v) is 4.32. The first-order valence-electron chi connectivity index (χ1n) is 8.83. The molecule has 2 nitrogen and oxygen atoms in total. The predicted octanol–water partition coefficient (Wildman–Crippen LogP) is 4.36. The van der Waals surface area contributed by atoms with Crippen LogP contribution in [0.3, 0.4) is 0 Å². The maximum absolute atomic E-state index is 13.1. The molecule has 0 spiro atoms. The number of aliphatic hydroxyl groups is 1. The van der Waals surface area contributed by atoms with E-state index in [1.54, 1.807) is 11.8 Å². The molecule has 2 aromatic rings. The van der Waals surface area contributed by atoms with Crippen molar-refractivity contribution in [2.75, 3.05) is 26.0 Å². The second kappa shape index (κ2) is 8.35. The Kier molecular flexibility index (Phi) is 6.15. The molecule has 0 aliphatic carbocycles. The molecule has 0 amide bonds. The number of hydrogen-bond acceptors (Lipinski definition) is 3. The lowest BCUT2D eigenvalue weighted by atomic mass is 9.75. The highest BCUT2D eigenvalue weighted by Crippen LogP contribution is 2.34. The number of aliphatic hydroxyl groups excluding tert-OH is 1. The van der Waals surface area contributed by atoms with Crippen LogP contribution >= 0.6 is 11.8 Å². The molecule has 4 heteroatoms. The number of nitrogens with zero attached hydrogens (tertiary/aromatic N) is 1. The van der Waals surface area contributed by atoms with Gasteiger partial charge in [-0.1, -0.05) is 24.3 Å². The van der Waals surface area contributed by atoms with Crippen molar-refractivity contribution in [3.8, 4) is 0 Å². The number of thioether (sulfide) groups is 1. The van der Waals surface area contributed by atoms with Gasteiger partial charge in [-0.05, 0) is 67.5 Å². The molecule has 0 saturated carbocycles. The van der Waals surface area contributed by atoms with Gasteiger partial charge in [0.05, 0.1) is 6.61 Å². The summed E-state index contributed by atoms with van der Waals surface area (Å²) in [4.78, 5) is 3.73. The first-order valence-corrected chi connectivity index (χ1v) is 10.1. The highest BCUT2D eigenvalue weighted by atomic mass is 32.2. The fourth-order valence-electron chi connectivity index (χ4n) is 3.84. The lowest BCUT2D eigenvalue weighted by Crippen LogP contribution is -2.46. The van der Waals surface area contributed by atoms with Crippen molar-refractivity contribution in [2.24, 2.45) is 5.41 Å². The molecule has 1 saturated heterocycles. The standard InChI is InChI=1S/C21H26FNOS/c1-25-20-5-2-4-18(12-20)14-23-11-3-10-21(15-23,16-24)13-17-6-8-19(22)9-7-17/h2,4-9,12,24H,3,10-11,13-16H2,1H3. The molecule has 1 atom stereocenters. The van der Waals surface area contributed by atoms with E-state index in [9.17, 15) is 9.50 Å². The van der Waals surface area contributed by atoms with Gasteiger partial charge in [-0.2, -0.15) is 0 Å². The number of benzene rings is 2. The minimum Gasteiger partial charge on any atom is -0.396 e. The Morgan fingerprint density at radius 2 is 1.96 bits per heavy atom. The van der Waals surface area contributed by atoms with E-state index < -0.39 is 0 Å². The van der Waals surface area contributed by atoms with Crippen LogP contribution in [0.15, 0.2) is 53.4 Å². The second-order valence-corrected chi connectivity index (χ2v) is 8.01. The summed E-state index contributed by atoms with van der Waals surface area (Å²) >= 11 is 1.76. The molecule has 1 fully saturated rings. The summed E-state index contributed by atoms with van der Waals surface area (Å²) in [6, 6.07) is 15.4. The summed E-state index contributed by atoms with van der Waals surface area (Å²) in [5, 5.41) is 10.1. The van der Waals surface area contributed by atoms with E-state index >= 15 is 0 Å². The fraction of sp³-hybridized carbons (Fsp3) is 0.429. The zero-order valence-electron chi connectivity index (χ0n) is 14.7. The Morgan fingerprint density at radius 3 is 2.68 bits per heavy atom. The van der Waals surface area contributed by atoms with Crippen molar-refractivity contribution in [3.63, 3.8) is 0 Å². The van der Waals surface area contributed by atoms with E-state index in [0.29, 0.717) is 0 Å². The van der Waals surface area contributed by atoms with Crippen LogP contribution in [0, 0.1) is 11.2 Å². The minimum atomic E-state index is -0.208. The monoisotopic (exact) mass is 359 g/mol. The average Bonchev–Trinajstić information content (AvgIpc) is 2.64. The van der Waals surface area contributed by atoms with Gasteiger partial charge in [0.2, 0.25) is 0 Å². The van der Waals surface area contributed by atoms with Crippen LogP contribution in [-0.4, -0.2) is 36.0 Å². The third kappa shape index (κ3) is 4.84. The van der Waals surface area contributed by atoms with Crippen LogP contribution in [0.5, 0.6) is 0 Å². The molecular weight excluding hydrogens is 333 g/mol. The quantitative estimate of drug-likeness (QED) is 0.775. The zero-order chi connectivity index (χ0) is 17.7. The van der Waals surface area contributed by atoms with Gasteiger partial charge in [-0.25, -0.2) is 4.39 Å². The number of piperidine rings is 1. The van der Waals surface area contributed by atoms with Gasteiger partial charge in [-0.3, -0.25) is 4.90 Å². The summed E-state index contributed by atoms with van der Waals surface area (Å²) in [7, 11) is 0. The second-order valence-electron chi connectivity index (χ2n) is 7.13. The Bertz CT molecular complexity index is 691. The minimum absolute atomic E-state index is 0.132. The van der Waals surface area contributed by atoms with Crippen molar-refractivity contribution in [3.05, 3.63) is 65.5 Å². The molecular formula is C21H26FNOS. The Labute approximate surface area is 154 Å². The van der Waals surface area contributed by atoms with Crippen molar-refractivity contribution < 1.29 is 9.50 Å². The first kappa shape index (κ1) is 18.4. The highest BCUT2D eigenvalue weighted by molar-refractivity contribution is 7.98. The molecule has 0 radical (unpaired) electrons. The third-order valence-corrected chi connectivity index (χ3v) is 5.83. The van der Waals surface area contributed by atoms with Gasteiger partial charge in [0.25, 0.3) is 0 Å².